The lowest BCUT2D eigenvalue weighted by Gasteiger charge is -2.49. The number of phenols is 1. The molecule has 2 aliphatic carbocycles. The highest BCUT2D eigenvalue weighted by molar-refractivity contribution is 9.10. The van der Waals surface area contributed by atoms with Crippen LogP contribution in [0, 0.1) is 34.9 Å². The molecule has 2 aromatic carbocycles. The average Bonchev–Trinajstić information content (AvgIpc) is 3.31. The van der Waals surface area contributed by atoms with Crippen molar-refractivity contribution in [3.05, 3.63) is 68.9 Å². The van der Waals surface area contributed by atoms with Gasteiger partial charge in [-0.15, -0.1) is 0 Å². The van der Waals surface area contributed by atoms with Crippen molar-refractivity contribution in [2.45, 2.75) is 38.5 Å². The van der Waals surface area contributed by atoms with E-state index in [1.165, 1.54) is 18.2 Å². The normalized spacial score (nSPS) is 29.9. The Kier molecular flexibility index (Phi) is 7.24. The van der Waals surface area contributed by atoms with E-state index >= 15 is 0 Å². The van der Waals surface area contributed by atoms with Gasteiger partial charge < -0.3 is 10.2 Å². The van der Waals surface area contributed by atoms with Crippen LogP contribution in [0.3, 0.4) is 0 Å². The highest BCUT2D eigenvalue weighted by atomic mass is 79.9. The van der Waals surface area contributed by atoms with E-state index in [0.717, 1.165) is 15.9 Å². The number of imide groups is 2. The maximum absolute atomic E-state index is 14.4. The number of halogens is 3. The van der Waals surface area contributed by atoms with Crippen molar-refractivity contribution in [2.24, 2.45) is 29.1 Å². The highest BCUT2D eigenvalue weighted by Gasteiger charge is 2.67. The Morgan fingerprint density at radius 2 is 1.84 bits per heavy atom. The number of carbonyl (C=O) groups excluding carboxylic acids is 4. The second-order valence-electron chi connectivity index (χ2n) is 11.8. The summed E-state index contributed by atoms with van der Waals surface area (Å²) in [6, 6.07) is 8.42. The minimum absolute atomic E-state index is 0.0213. The number of carboxylic acid groups (broad SMARTS) is 1. The first kappa shape index (κ1) is 29.5. The van der Waals surface area contributed by atoms with Crippen molar-refractivity contribution >= 4 is 62.8 Å². The molecule has 6 rings (SSSR count). The third kappa shape index (κ3) is 4.42. The fraction of sp³-hybridized carbons (Fsp3) is 0.387. The number of benzene rings is 2. The van der Waals surface area contributed by atoms with E-state index in [2.05, 4.69) is 15.9 Å². The van der Waals surface area contributed by atoms with Crippen LogP contribution >= 0.6 is 27.5 Å². The van der Waals surface area contributed by atoms with E-state index in [-0.39, 0.29) is 54.6 Å². The number of likely N-dealkylation sites (tertiary alicyclic amines) is 1. The number of carbonyl (C=O) groups is 5. The lowest BCUT2D eigenvalue weighted by atomic mass is 9.51. The van der Waals surface area contributed by atoms with Crippen LogP contribution < -0.4 is 4.90 Å². The lowest BCUT2D eigenvalue weighted by Crippen LogP contribution is -2.48. The van der Waals surface area contributed by atoms with Crippen LogP contribution in [0.4, 0.5) is 10.1 Å². The molecule has 0 aromatic heterocycles. The van der Waals surface area contributed by atoms with Gasteiger partial charge in [0.1, 0.15) is 11.6 Å². The molecule has 2 aromatic rings. The molecule has 3 fully saturated rings. The van der Waals surface area contributed by atoms with Crippen LogP contribution in [0.5, 0.6) is 5.75 Å². The largest absolute Gasteiger partial charge is 0.508 e. The first-order valence-corrected chi connectivity index (χ1v) is 15.1. The monoisotopic (exact) mass is 672 g/mol. The maximum atomic E-state index is 14.4. The van der Waals surface area contributed by atoms with Crippen molar-refractivity contribution < 1.29 is 38.6 Å². The molecule has 0 spiro atoms. The number of phenolic OH excluding ortho intramolecular Hbond substituents is 1. The molecule has 43 heavy (non-hydrogen) atoms. The lowest BCUT2D eigenvalue weighted by molar-refractivity contribution is -0.142. The standard InChI is InChI=1S/C31H27BrClFN2O7/c1-31-20(28(41)36(30(31)43)15-5-8-22(34)21(33)12-15)13-18-16(26(31)19-11-14(32)4-9-23(19)37)6-7-17-25(18)29(42)35(27(17)40)10-2-3-24(38)39/h4-6,8-9,11-12,17-18,20,25-26,37H,2-3,7,10,13H2,1H3,(H,38,39). The summed E-state index contributed by atoms with van der Waals surface area (Å²) in [5.41, 5.74) is -0.188. The van der Waals surface area contributed by atoms with Crippen LogP contribution in [-0.2, 0) is 24.0 Å². The molecule has 1 saturated carbocycles. The Morgan fingerprint density at radius 3 is 2.53 bits per heavy atom. The number of fused-ring (bicyclic) bond motifs is 4. The van der Waals surface area contributed by atoms with Crippen molar-refractivity contribution in [3.63, 3.8) is 0 Å². The van der Waals surface area contributed by atoms with E-state index in [1.54, 1.807) is 19.1 Å². The quantitative estimate of drug-likeness (QED) is 0.324. The van der Waals surface area contributed by atoms with Gasteiger partial charge in [-0.3, -0.25) is 28.9 Å². The SMILES string of the molecule is CC12C(=O)N(c3ccc(F)c(Cl)c3)C(=O)C1CC1C(=CCC3C(=O)N(CCCC(=O)O)C(=O)C31)C2c1cc(Br)ccc1O. The Balaban J connectivity index is 1.47. The molecule has 12 heteroatoms. The van der Waals surface area contributed by atoms with Crippen molar-refractivity contribution in [1.29, 1.82) is 0 Å². The van der Waals surface area contributed by atoms with Crippen LogP contribution in [0.15, 0.2) is 52.5 Å². The molecular formula is C31H27BrClFN2O7. The first-order valence-electron chi connectivity index (χ1n) is 13.9. The number of hydrogen-bond donors (Lipinski definition) is 2. The zero-order valence-electron chi connectivity index (χ0n) is 22.9. The molecule has 9 nitrogen and oxygen atoms in total. The van der Waals surface area contributed by atoms with Gasteiger partial charge in [0.05, 0.1) is 33.9 Å². The van der Waals surface area contributed by atoms with E-state index < -0.39 is 64.5 Å². The summed E-state index contributed by atoms with van der Waals surface area (Å²) in [6.07, 6.45) is 2.12. The second-order valence-corrected chi connectivity index (χ2v) is 13.1. The van der Waals surface area contributed by atoms with E-state index in [4.69, 9.17) is 16.7 Å². The van der Waals surface area contributed by atoms with Crippen LogP contribution in [0.1, 0.15) is 44.1 Å². The molecule has 6 atom stereocenters. The van der Waals surface area contributed by atoms with Gasteiger partial charge in [0.25, 0.3) is 0 Å². The molecule has 224 valence electrons. The summed E-state index contributed by atoms with van der Waals surface area (Å²) < 4.78 is 14.6. The molecule has 4 aliphatic rings. The summed E-state index contributed by atoms with van der Waals surface area (Å²) in [6.45, 7) is 1.66. The number of amides is 4. The highest BCUT2D eigenvalue weighted by Crippen LogP contribution is 2.64. The number of allylic oxidation sites excluding steroid dienone is 2. The molecule has 2 aliphatic heterocycles. The van der Waals surface area contributed by atoms with Crippen molar-refractivity contribution in [3.8, 4) is 5.75 Å². The number of nitrogens with zero attached hydrogens (tertiary/aromatic N) is 2. The number of hydrogen-bond acceptors (Lipinski definition) is 6. The van der Waals surface area contributed by atoms with Crippen LogP contribution in [-0.4, -0.2) is 51.3 Å². The molecule has 6 unspecified atom stereocenters. The van der Waals surface area contributed by atoms with Gasteiger partial charge in [-0.05, 0) is 68.5 Å². The first-order chi connectivity index (χ1) is 20.4. The summed E-state index contributed by atoms with van der Waals surface area (Å²) in [4.78, 5) is 68.8. The number of aromatic hydroxyl groups is 1. The Morgan fingerprint density at radius 1 is 1.09 bits per heavy atom. The number of carboxylic acids is 1. The van der Waals surface area contributed by atoms with Crippen molar-refractivity contribution in [1.82, 2.24) is 4.90 Å². The van der Waals surface area contributed by atoms with Gasteiger partial charge in [-0.2, -0.15) is 0 Å². The smallest absolute Gasteiger partial charge is 0.303 e. The predicted molar refractivity (Wildman–Crippen MR) is 155 cm³/mol. The van der Waals surface area contributed by atoms with Crippen LogP contribution in [0.2, 0.25) is 5.02 Å². The number of rotatable bonds is 6. The third-order valence-corrected chi connectivity index (χ3v) is 10.4. The van der Waals surface area contributed by atoms with Crippen LogP contribution in [0.25, 0.3) is 0 Å². The molecule has 0 bridgehead atoms. The van der Waals surface area contributed by atoms with E-state index in [1.807, 2.05) is 6.08 Å². The third-order valence-electron chi connectivity index (χ3n) is 9.60. The topological polar surface area (TPSA) is 132 Å². The fourth-order valence-electron chi connectivity index (χ4n) is 7.66. The van der Waals surface area contributed by atoms with Gasteiger partial charge >= 0.3 is 5.97 Å². The second kappa shape index (κ2) is 10.6. The predicted octanol–water partition coefficient (Wildman–Crippen LogP) is 5.04. The van der Waals surface area contributed by atoms with Gasteiger partial charge in [0.2, 0.25) is 23.6 Å². The average molecular weight is 674 g/mol. The summed E-state index contributed by atoms with van der Waals surface area (Å²) in [5.74, 6) is -7.51. The van der Waals surface area contributed by atoms with Gasteiger partial charge in [0, 0.05) is 28.9 Å². The maximum Gasteiger partial charge on any atom is 0.303 e. The molecule has 4 amide bonds. The molecule has 2 saturated heterocycles. The Bertz CT molecular complexity index is 1650. The van der Waals surface area contributed by atoms with Gasteiger partial charge in [-0.1, -0.05) is 39.2 Å². The minimum Gasteiger partial charge on any atom is -0.508 e. The zero-order valence-corrected chi connectivity index (χ0v) is 25.3. The summed E-state index contributed by atoms with van der Waals surface area (Å²) in [7, 11) is 0. The molecule has 2 N–H and O–H groups in total. The van der Waals surface area contributed by atoms with Crippen molar-refractivity contribution in [2.75, 3.05) is 11.4 Å². The Hall–Kier alpha value is -3.57. The van der Waals surface area contributed by atoms with E-state index in [9.17, 15) is 33.5 Å². The Labute approximate surface area is 259 Å². The number of anilines is 1. The summed E-state index contributed by atoms with van der Waals surface area (Å²) >= 11 is 9.46. The molecular weight excluding hydrogens is 647 g/mol. The summed E-state index contributed by atoms with van der Waals surface area (Å²) in [5, 5.41) is 19.9. The minimum atomic E-state index is -1.39. The molecule has 0 radical (unpaired) electrons. The van der Waals surface area contributed by atoms with Gasteiger partial charge in [-0.25, -0.2) is 9.29 Å². The zero-order chi connectivity index (χ0) is 31.0. The molecule has 2 heterocycles. The van der Waals surface area contributed by atoms with Gasteiger partial charge in [0.15, 0.2) is 0 Å². The fourth-order valence-corrected chi connectivity index (χ4v) is 8.21. The van der Waals surface area contributed by atoms with E-state index in [0.29, 0.717) is 15.6 Å². The number of aliphatic carboxylic acids is 1.